The van der Waals surface area contributed by atoms with E-state index in [0.717, 1.165) is 22.9 Å². The molecule has 0 saturated carbocycles. The van der Waals surface area contributed by atoms with E-state index in [1.807, 2.05) is 22.9 Å². The predicted molar refractivity (Wildman–Crippen MR) is 81.2 cm³/mol. The number of anilines is 1. The number of nitrogens with zero attached hydrogens (tertiary/aromatic N) is 2. The third-order valence-electron chi connectivity index (χ3n) is 3.10. The van der Waals surface area contributed by atoms with Gasteiger partial charge in [0, 0.05) is 18.9 Å². The van der Waals surface area contributed by atoms with Crippen LogP contribution < -0.4 is 5.32 Å². The van der Waals surface area contributed by atoms with E-state index >= 15 is 0 Å². The molecule has 0 aliphatic rings. The molecule has 0 fully saturated rings. The van der Waals surface area contributed by atoms with Crippen LogP contribution >= 0.6 is 11.6 Å². The first-order valence-electron chi connectivity index (χ1n) is 6.83. The quantitative estimate of drug-likeness (QED) is 0.754. The molecule has 0 radical (unpaired) electrons. The molecule has 0 atom stereocenters. The maximum Gasteiger partial charge on any atom is 0.0992 e. The first-order chi connectivity index (χ1) is 9.33. The SMILES string of the molecule is CCCCCCNc1cccc(Cl)c1-n1ccnc1. The Kier molecular flexibility index (Phi) is 5.28. The van der Waals surface area contributed by atoms with Gasteiger partial charge in [0.1, 0.15) is 0 Å². The van der Waals surface area contributed by atoms with Crippen LogP contribution in [0.5, 0.6) is 0 Å². The Hall–Kier alpha value is -1.48. The van der Waals surface area contributed by atoms with E-state index in [9.17, 15) is 0 Å². The minimum atomic E-state index is 0.733. The molecule has 0 saturated heterocycles. The van der Waals surface area contributed by atoms with E-state index in [2.05, 4.69) is 23.3 Å². The van der Waals surface area contributed by atoms with Crippen molar-refractivity contribution in [2.75, 3.05) is 11.9 Å². The number of imidazole rings is 1. The monoisotopic (exact) mass is 277 g/mol. The summed E-state index contributed by atoms with van der Waals surface area (Å²) in [4.78, 5) is 4.08. The zero-order valence-corrected chi connectivity index (χ0v) is 12.0. The summed E-state index contributed by atoms with van der Waals surface area (Å²) >= 11 is 6.29. The number of benzene rings is 1. The van der Waals surface area contributed by atoms with Crippen LogP contribution in [0.25, 0.3) is 5.69 Å². The highest BCUT2D eigenvalue weighted by Gasteiger charge is 2.08. The molecule has 0 amide bonds. The zero-order valence-electron chi connectivity index (χ0n) is 11.3. The minimum absolute atomic E-state index is 0.733. The number of hydrogen-bond acceptors (Lipinski definition) is 2. The molecule has 0 spiro atoms. The third kappa shape index (κ3) is 3.74. The van der Waals surface area contributed by atoms with Gasteiger partial charge in [-0.15, -0.1) is 0 Å². The normalized spacial score (nSPS) is 10.6. The van der Waals surface area contributed by atoms with Crippen molar-refractivity contribution in [2.45, 2.75) is 32.6 Å². The van der Waals surface area contributed by atoms with Crippen LogP contribution in [0.3, 0.4) is 0 Å². The number of halogens is 1. The molecule has 1 N–H and O–H groups in total. The Morgan fingerprint density at radius 2 is 2.16 bits per heavy atom. The maximum absolute atomic E-state index is 6.29. The maximum atomic E-state index is 6.29. The Morgan fingerprint density at radius 1 is 1.26 bits per heavy atom. The number of unbranched alkanes of at least 4 members (excludes halogenated alkanes) is 3. The van der Waals surface area contributed by atoms with Gasteiger partial charge in [0.2, 0.25) is 0 Å². The molecule has 0 aliphatic carbocycles. The number of para-hydroxylation sites is 1. The van der Waals surface area contributed by atoms with E-state index in [0.29, 0.717) is 0 Å². The molecule has 0 aliphatic heterocycles. The van der Waals surface area contributed by atoms with Gasteiger partial charge < -0.3 is 9.88 Å². The third-order valence-corrected chi connectivity index (χ3v) is 3.40. The van der Waals surface area contributed by atoms with E-state index in [-0.39, 0.29) is 0 Å². The second kappa shape index (κ2) is 7.19. The lowest BCUT2D eigenvalue weighted by Gasteiger charge is -2.14. The molecule has 4 heteroatoms. The van der Waals surface area contributed by atoms with Gasteiger partial charge in [-0.1, -0.05) is 43.9 Å². The van der Waals surface area contributed by atoms with Gasteiger partial charge in [0.05, 0.1) is 22.7 Å². The molecule has 2 rings (SSSR count). The second-order valence-corrected chi connectivity index (χ2v) is 5.00. The van der Waals surface area contributed by atoms with Gasteiger partial charge in [-0.25, -0.2) is 4.98 Å². The Morgan fingerprint density at radius 3 is 2.89 bits per heavy atom. The fourth-order valence-corrected chi connectivity index (χ4v) is 2.36. The summed E-state index contributed by atoms with van der Waals surface area (Å²) in [6.45, 7) is 3.20. The molecule has 2 aromatic rings. The molecule has 0 unspecified atom stereocenters. The summed E-state index contributed by atoms with van der Waals surface area (Å²) in [5.41, 5.74) is 2.03. The smallest absolute Gasteiger partial charge is 0.0992 e. The molecular formula is C15H20ClN3. The molecule has 19 heavy (non-hydrogen) atoms. The van der Waals surface area contributed by atoms with Crippen LogP contribution in [0.15, 0.2) is 36.9 Å². The summed E-state index contributed by atoms with van der Waals surface area (Å²) in [5.74, 6) is 0. The molecule has 102 valence electrons. The lowest BCUT2D eigenvalue weighted by molar-refractivity contribution is 0.685. The summed E-state index contributed by atoms with van der Waals surface area (Å²) in [6.07, 6.45) is 10.4. The first-order valence-corrected chi connectivity index (χ1v) is 7.21. The van der Waals surface area contributed by atoms with Gasteiger partial charge in [0.25, 0.3) is 0 Å². The predicted octanol–water partition coefficient (Wildman–Crippen LogP) is 4.52. The highest BCUT2D eigenvalue weighted by molar-refractivity contribution is 6.33. The molecule has 1 aromatic heterocycles. The fraction of sp³-hybridized carbons (Fsp3) is 0.400. The van der Waals surface area contributed by atoms with Gasteiger partial charge in [-0.3, -0.25) is 0 Å². The van der Waals surface area contributed by atoms with Crippen molar-refractivity contribution < 1.29 is 0 Å². The average molecular weight is 278 g/mol. The average Bonchev–Trinajstić information content (AvgIpc) is 2.92. The summed E-state index contributed by atoms with van der Waals surface area (Å²) in [7, 11) is 0. The number of nitrogens with one attached hydrogen (secondary N) is 1. The van der Waals surface area contributed by atoms with Gasteiger partial charge in [-0.05, 0) is 18.6 Å². The van der Waals surface area contributed by atoms with Crippen molar-refractivity contribution in [1.82, 2.24) is 9.55 Å². The minimum Gasteiger partial charge on any atom is -0.383 e. The van der Waals surface area contributed by atoms with Crippen LogP contribution in [0, 0.1) is 0 Å². The first kappa shape index (κ1) is 13.9. The van der Waals surface area contributed by atoms with Crippen molar-refractivity contribution >= 4 is 17.3 Å². The van der Waals surface area contributed by atoms with Gasteiger partial charge >= 0.3 is 0 Å². The fourth-order valence-electron chi connectivity index (χ4n) is 2.09. The number of aromatic nitrogens is 2. The molecule has 1 aromatic carbocycles. The van der Waals surface area contributed by atoms with Gasteiger partial charge in [0.15, 0.2) is 0 Å². The topological polar surface area (TPSA) is 29.9 Å². The summed E-state index contributed by atoms with van der Waals surface area (Å²) < 4.78 is 1.94. The van der Waals surface area contributed by atoms with Crippen molar-refractivity contribution in [2.24, 2.45) is 0 Å². The van der Waals surface area contributed by atoms with Crippen molar-refractivity contribution in [3.8, 4) is 5.69 Å². The van der Waals surface area contributed by atoms with Crippen LogP contribution in [0.1, 0.15) is 32.6 Å². The lowest BCUT2D eigenvalue weighted by Crippen LogP contribution is -2.05. The van der Waals surface area contributed by atoms with Crippen molar-refractivity contribution in [3.05, 3.63) is 41.9 Å². The Bertz CT molecular complexity index is 494. The highest BCUT2D eigenvalue weighted by atomic mass is 35.5. The van der Waals surface area contributed by atoms with Crippen LogP contribution in [-0.4, -0.2) is 16.1 Å². The van der Waals surface area contributed by atoms with Crippen LogP contribution in [0.2, 0.25) is 5.02 Å². The van der Waals surface area contributed by atoms with Crippen LogP contribution in [-0.2, 0) is 0 Å². The molecular weight excluding hydrogens is 258 g/mol. The highest BCUT2D eigenvalue weighted by Crippen LogP contribution is 2.28. The largest absolute Gasteiger partial charge is 0.383 e. The molecule has 0 bridgehead atoms. The number of hydrogen-bond donors (Lipinski definition) is 1. The Balaban J connectivity index is 2.06. The summed E-state index contributed by atoms with van der Waals surface area (Å²) in [6, 6.07) is 5.93. The van der Waals surface area contributed by atoms with E-state index < -0.39 is 0 Å². The van der Waals surface area contributed by atoms with E-state index in [1.165, 1.54) is 25.7 Å². The van der Waals surface area contributed by atoms with Crippen molar-refractivity contribution in [3.63, 3.8) is 0 Å². The lowest BCUT2D eigenvalue weighted by atomic mass is 10.2. The molecule has 3 nitrogen and oxygen atoms in total. The standard InChI is InChI=1S/C15H20ClN3/c1-2-3-4-5-9-18-14-8-6-7-13(16)15(14)19-11-10-17-12-19/h6-8,10-12,18H,2-5,9H2,1H3. The van der Waals surface area contributed by atoms with E-state index in [4.69, 9.17) is 11.6 Å². The number of rotatable bonds is 7. The van der Waals surface area contributed by atoms with Gasteiger partial charge in [-0.2, -0.15) is 0 Å². The Labute approximate surface area is 119 Å². The van der Waals surface area contributed by atoms with Crippen LogP contribution in [0.4, 0.5) is 5.69 Å². The second-order valence-electron chi connectivity index (χ2n) is 4.59. The zero-order chi connectivity index (χ0) is 13.5. The summed E-state index contributed by atoms with van der Waals surface area (Å²) in [5, 5.41) is 4.20. The van der Waals surface area contributed by atoms with E-state index in [1.54, 1.807) is 12.5 Å². The van der Waals surface area contributed by atoms with Crippen molar-refractivity contribution in [1.29, 1.82) is 0 Å². The molecule has 1 heterocycles.